The number of carbonyl (C=O) groups is 1. The maximum atomic E-state index is 12.2. The predicted molar refractivity (Wildman–Crippen MR) is 80.5 cm³/mol. The Kier molecular flexibility index (Phi) is 4.02. The van der Waals surface area contributed by atoms with Gasteiger partial charge in [0.05, 0.1) is 7.11 Å². The Balaban J connectivity index is 1.82. The molecule has 0 amide bonds. The summed E-state index contributed by atoms with van der Waals surface area (Å²) in [6.45, 7) is 3.31. The third-order valence-corrected chi connectivity index (χ3v) is 4.68. The molecule has 3 rings (SSSR count). The number of piperazine rings is 1. The van der Waals surface area contributed by atoms with E-state index >= 15 is 0 Å². The molecule has 2 saturated heterocycles. The molecule has 1 N–H and O–H groups in total. The zero-order chi connectivity index (χ0) is 15.0. The van der Waals surface area contributed by atoms with Crippen molar-refractivity contribution in [3.63, 3.8) is 0 Å². The van der Waals surface area contributed by atoms with Crippen LogP contribution in [0, 0.1) is 0 Å². The zero-order valence-electron chi connectivity index (χ0n) is 12.5. The highest BCUT2D eigenvalue weighted by molar-refractivity contribution is 6.45. The molecule has 0 radical (unpaired) electrons. The van der Waals surface area contributed by atoms with Crippen LogP contribution in [0.4, 0.5) is 0 Å². The fraction of sp³-hybridized carbons (Fsp3) is 0.533. The van der Waals surface area contributed by atoms with E-state index in [2.05, 4.69) is 17.0 Å². The van der Waals surface area contributed by atoms with Crippen LogP contribution in [0.25, 0.3) is 0 Å². The highest BCUT2D eigenvalue weighted by atomic mass is 16.5. The number of likely N-dealkylation sites (tertiary alicyclic amines) is 1. The van der Waals surface area contributed by atoms with Crippen LogP contribution < -0.4 is 0 Å². The molecule has 5 nitrogen and oxygen atoms in total. The van der Waals surface area contributed by atoms with E-state index in [9.17, 15) is 9.82 Å². The van der Waals surface area contributed by atoms with Gasteiger partial charge in [-0.15, -0.1) is 0 Å². The topological polar surface area (TPSA) is 53.0 Å². The first-order valence-electron chi connectivity index (χ1n) is 7.43. The Morgan fingerprint density at radius 2 is 2.14 bits per heavy atom. The van der Waals surface area contributed by atoms with Crippen molar-refractivity contribution in [2.75, 3.05) is 13.7 Å². The fourth-order valence-electron chi connectivity index (χ4n) is 3.73. The number of benzene rings is 1. The van der Waals surface area contributed by atoms with E-state index in [1.54, 1.807) is 6.82 Å². The highest BCUT2D eigenvalue weighted by Gasteiger charge is 2.54. The van der Waals surface area contributed by atoms with Crippen molar-refractivity contribution in [1.82, 2.24) is 9.71 Å². The van der Waals surface area contributed by atoms with E-state index in [-0.39, 0.29) is 18.1 Å². The summed E-state index contributed by atoms with van der Waals surface area (Å²) in [6.07, 6.45) is 0.914. The van der Waals surface area contributed by atoms with Gasteiger partial charge >= 0.3 is 13.0 Å². The normalized spacial score (nSPS) is 28.8. The molecule has 0 saturated carbocycles. The molecule has 0 aromatic heterocycles. The van der Waals surface area contributed by atoms with E-state index in [1.807, 2.05) is 23.0 Å². The van der Waals surface area contributed by atoms with E-state index in [0.717, 1.165) is 19.5 Å². The number of ether oxygens (including phenoxy) is 1. The van der Waals surface area contributed by atoms with Gasteiger partial charge in [-0.2, -0.15) is 0 Å². The van der Waals surface area contributed by atoms with E-state index < -0.39 is 7.05 Å². The maximum Gasteiger partial charge on any atom is 0.376 e. The fourth-order valence-corrected chi connectivity index (χ4v) is 3.73. The van der Waals surface area contributed by atoms with Gasteiger partial charge in [-0.3, -0.25) is 9.69 Å². The van der Waals surface area contributed by atoms with Crippen LogP contribution in [0.2, 0.25) is 6.82 Å². The second-order valence-electron chi connectivity index (χ2n) is 5.91. The minimum atomic E-state index is -0.522. The van der Waals surface area contributed by atoms with Crippen molar-refractivity contribution in [2.45, 2.75) is 37.9 Å². The summed E-state index contributed by atoms with van der Waals surface area (Å²) in [5, 5.41) is 9.88. The third-order valence-electron chi connectivity index (χ3n) is 4.68. The Morgan fingerprint density at radius 1 is 1.43 bits per heavy atom. The minimum absolute atomic E-state index is 0.0474. The quantitative estimate of drug-likeness (QED) is 0.649. The lowest BCUT2D eigenvalue weighted by atomic mass is 9.82. The van der Waals surface area contributed by atoms with Gasteiger partial charge in [-0.1, -0.05) is 30.3 Å². The zero-order valence-corrected chi connectivity index (χ0v) is 12.5. The molecule has 2 heterocycles. The van der Waals surface area contributed by atoms with Crippen LogP contribution in [0.1, 0.15) is 12.0 Å². The van der Waals surface area contributed by atoms with Gasteiger partial charge in [0.15, 0.2) is 0 Å². The summed E-state index contributed by atoms with van der Waals surface area (Å²) in [7, 11) is 0.910. The molecule has 1 aromatic rings. The lowest BCUT2D eigenvalue weighted by Crippen LogP contribution is -2.59. The molecule has 0 spiro atoms. The molecule has 0 aliphatic carbocycles. The summed E-state index contributed by atoms with van der Waals surface area (Å²) in [5.74, 6) is -0.205. The average molecular weight is 288 g/mol. The summed E-state index contributed by atoms with van der Waals surface area (Å²) in [4.78, 5) is 16.4. The third kappa shape index (κ3) is 2.59. The monoisotopic (exact) mass is 288 g/mol. The van der Waals surface area contributed by atoms with E-state index in [1.165, 1.54) is 12.7 Å². The van der Waals surface area contributed by atoms with Gasteiger partial charge < -0.3 is 14.6 Å². The van der Waals surface area contributed by atoms with Crippen molar-refractivity contribution in [3.05, 3.63) is 35.9 Å². The first kappa shape index (κ1) is 14.6. The Labute approximate surface area is 125 Å². The molecule has 112 valence electrons. The summed E-state index contributed by atoms with van der Waals surface area (Å²) in [6, 6.07) is 10.2. The molecule has 2 bridgehead atoms. The maximum absolute atomic E-state index is 12.2. The number of carbonyl (C=O) groups excluding carboxylic acids is 1. The minimum Gasteiger partial charge on any atom is -0.468 e. The Hall–Kier alpha value is -1.37. The van der Waals surface area contributed by atoms with Crippen LogP contribution in [0.15, 0.2) is 30.3 Å². The Bertz CT molecular complexity index is 511. The van der Waals surface area contributed by atoms with Crippen molar-refractivity contribution in [1.29, 1.82) is 0 Å². The van der Waals surface area contributed by atoms with Gasteiger partial charge in [0.25, 0.3) is 0 Å². The number of hydrogen-bond donors (Lipinski definition) is 1. The van der Waals surface area contributed by atoms with Crippen LogP contribution >= 0.6 is 0 Å². The Morgan fingerprint density at radius 3 is 2.76 bits per heavy atom. The van der Waals surface area contributed by atoms with Crippen LogP contribution in [-0.4, -0.2) is 59.5 Å². The smallest absolute Gasteiger partial charge is 0.376 e. The summed E-state index contributed by atoms with van der Waals surface area (Å²) < 4.78 is 4.99. The van der Waals surface area contributed by atoms with Gasteiger partial charge in [0.1, 0.15) is 6.04 Å². The van der Waals surface area contributed by atoms with E-state index in [4.69, 9.17) is 4.74 Å². The first-order chi connectivity index (χ1) is 10.1. The molecule has 2 aliphatic heterocycles. The summed E-state index contributed by atoms with van der Waals surface area (Å²) in [5.41, 5.74) is 1.20. The van der Waals surface area contributed by atoms with Crippen molar-refractivity contribution >= 4 is 13.0 Å². The number of nitrogens with zero attached hydrogens (tertiary/aromatic N) is 2. The molecular weight excluding hydrogens is 267 g/mol. The lowest BCUT2D eigenvalue weighted by Gasteiger charge is -2.40. The lowest BCUT2D eigenvalue weighted by molar-refractivity contribution is -0.149. The van der Waals surface area contributed by atoms with Crippen molar-refractivity contribution in [3.8, 4) is 0 Å². The molecule has 21 heavy (non-hydrogen) atoms. The van der Waals surface area contributed by atoms with Crippen molar-refractivity contribution in [2.24, 2.45) is 0 Å². The highest BCUT2D eigenvalue weighted by Crippen LogP contribution is 2.37. The number of methoxy groups -OCH3 is 1. The summed E-state index contributed by atoms with van der Waals surface area (Å²) >= 11 is 0. The second kappa shape index (κ2) is 5.79. The van der Waals surface area contributed by atoms with Gasteiger partial charge in [0, 0.05) is 25.2 Å². The van der Waals surface area contributed by atoms with Crippen molar-refractivity contribution < 1.29 is 14.6 Å². The molecule has 2 fully saturated rings. The van der Waals surface area contributed by atoms with Gasteiger partial charge in [-0.05, 0) is 18.8 Å². The van der Waals surface area contributed by atoms with Gasteiger partial charge in [0.2, 0.25) is 0 Å². The molecule has 1 aromatic carbocycles. The number of hydrogen-bond acceptors (Lipinski definition) is 5. The second-order valence-corrected chi connectivity index (χ2v) is 5.91. The molecule has 3 atom stereocenters. The van der Waals surface area contributed by atoms with Crippen LogP contribution in [0.5, 0.6) is 0 Å². The van der Waals surface area contributed by atoms with Gasteiger partial charge in [-0.25, -0.2) is 0 Å². The molecule has 6 heteroatoms. The molecule has 2 aliphatic rings. The van der Waals surface area contributed by atoms with Crippen LogP contribution in [-0.2, 0) is 16.1 Å². The predicted octanol–water partition coefficient (Wildman–Crippen LogP) is 0.597. The standard InChI is InChI=1S/C15H21BN2O3/c1-16(20)18-10-12-8-13(18)14(15(19)21-2)17(12)9-11-6-4-3-5-7-11/h3-7,12-14,20H,8-10H2,1-2H3/t12?,13?,14-/m0/s1. The van der Waals surface area contributed by atoms with E-state index in [0.29, 0.717) is 6.04 Å². The average Bonchev–Trinajstić information content (AvgIpc) is 3.06. The molecular formula is C15H21BN2O3. The SMILES string of the molecule is COC(=O)[C@@H]1C2CC(CN2B(C)O)N1Cc1ccccc1. The number of esters is 1. The number of fused-ring (bicyclic) bond motifs is 2. The largest absolute Gasteiger partial charge is 0.468 e. The molecule has 2 unspecified atom stereocenters. The number of rotatable bonds is 4. The first-order valence-corrected chi connectivity index (χ1v) is 7.43. The van der Waals surface area contributed by atoms with Crippen LogP contribution in [0.3, 0.4) is 0 Å².